The third-order valence-corrected chi connectivity index (χ3v) is 2.04. The predicted octanol–water partition coefficient (Wildman–Crippen LogP) is 2.88. The van der Waals surface area contributed by atoms with E-state index in [9.17, 15) is 0 Å². The molecular weight excluding hydrogens is 172 g/mol. The molecule has 2 nitrogen and oxygen atoms in total. The molecule has 0 atom stereocenters. The van der Waals surface area contributed by atoms with Crippen LogP contribution in [0.4, 0.5) is 0 Å². The van der Waals surface area contributed by atoms with E-state index in [4.69, 9.17) is 16.9 Å². The zero-order valence-corrected chi connectivity index (χ0v) is 7.78. The maximum Gasteiger partial charge on any atom is 0.124 e. The largest absolute Gasteiger partial charge is 0.348 e. The van der Waals surface area contributed by atoms with Gasteiger partial charge in [0.2, 0.25) is 0 Å². The minimum atomic E-state index is 0.462. The first kappa shape index (κ1) is 9.15. The van der Waals surface area contributed by atoms with Crippen molar-refractivity contribution in [1.29, 1.82) is 5.26 Å². The van der Waals surface area contributed by atoms with E-state index < -0.39 is 0 Å². The molecular formula is C9H11ClN2. The van der Waals surface area contributed by atoms with Crippen molar-refractivity contribution in [3.63, 3.8) is 0 Å². The van der Waals surface area contributed by atoms with Gasteiger partial charge in [-0.1, -0.05) is 24.9 Å². The van der Waals surface area contributed by atoms with Crippen molar-refractivity contribution in [1.82, 2.24) is 4.98 Å². The molecule has 0 saturated carbocycles. The van der Waals surface area contributed by atoms with Crippen molar-refractivity contribution in [2.75, 3.05) is 0 Å². The average molecular weight is 183 g/mol. The molecule has 0 aliphatic rings. The molecule has 0 aliphatic heterocycles. The van der Waals surface area contributed by atoms with Crippen molar-refractivity contribution < 1.29 is 0 Å². The molecule has 64 valence electrons. The topological polar surface area (TPSA) is 39.6 Å². The van der Waals surface area contributed by atoms with Gasteiger partial charge in [0.25, 0.3) is 0 Å². The number of nitriles is 1. The van der Waals surface area contributed by atoms with E-state index in [0.29, 0.717) is 10.7 Å². The third kappa shape index (κ3) is 2.02. The van der Waals surface area contributed by atoms with Crippen molar-refractivity contribution in [2.45, 2.75) is 26.2 Å². The van der Waals surface area contributed by atoms with Crippen LogP contribution in [0.1, 0.15) is 31.0 Å². The summed E-state index contributed by atoms with van der Waals surface area (Å²) in [6, 6.07) is 3.85. The van der Waals surface area contributed by atoms with Gasteiger partial charge in [-0.3, -0.25) is 0 Å². The van der Waals surface area contributed by atoms with Crippen LogP contribution >= 0.6 is 11.6 Å². The summed E-state index contributed by atoms with van der Waals surface area (Å²) in [5, 5.41) is 9.06. The summed E-state index contributed by atoms with van der Waals surface area (Å²) in [5.41, 5.74) is 1.60. The number of halogens is 1. The van der Waals surface area contributed by atoms with E-state index in [1.165, 1.54) is 0 Å². The number of nitrogens with zero attached hydrogens (tertiary/aromatic N) is 1. The minimum Gasteiger partial charge on any atom is -0.348 e. The number of aryl methyl sites for hydroxylation is 1. The number of hydrogen-bond donors (Lipinski definition) is 1. The smallest absolute Gasteiger partial charge is 0.124 e. The first-order chi connectivity index (χ1) is 5.77. The summed E-state index contributed by atoms with van der Waals surface area (Å²) >= 11 is 5.75. The molecule has 3 heteroatoms. The summed E-state index contributed by atoms with van der Waals surface area (Å²) in [7, 11) is 0. The van der Waals surface area contributed by atoms with Crippen LogP contribution in [-0.2, 0) is 6.42 Å². The number of unbranched alkanes of at least 4 members (excludes halogenated alkanes) is 1. The van der Waals surface area contributed by atoms with Crippen molar-refractivity contribution >= 4 is 11.6 Å². The Morgan fingerprint density at radius 1 is 1.67 bits per heavy atom. The van der Waals surface area contributed by atoms with Gasteiger partial charge in [-0.2, -0.15) is 5.26 Å². The van der Waals surface area contributed by atoms with E-state index in [2.05, 4.69) is 11.9 Å². The molecule has 0 spiro atoms. The molecule has 0 unspecified atom stereocenters. The van der Waals surface area contributed by atoms with Crippen LogP contribution in [0.3, 0.4) is 0 Å². The van der Waals surface area contributed by atoms with Gasteiger partial charge < -0.3 is 4.98 Å². The van der Waals surface area contributed by atoms with Crippen LogP contribution in [0.2, 0.25) is 5.15 Å². The summed E-state index contributed by atoms with van der Waals surface area (Å²) in [6.07, 6.45) is 3.25. The zero-order valence-electron chi connectivity index (χ0n) is 7.02. The summed E-state index contributed by atoms with van der Waals surface area (Å²) in [4.78, 5) is 2.97. The Bertz CT molecular complexity index is 296. The van der Waals surface area contributed by atoms with E-state index >= 15 is 0 Å². The number of nitrogens with one attached hydrogen (secondary N) is 1. The highest BCUT2D eigenvalue weighted by atomic mass is 35.5. The standard InChI is InChI=1S/C9H11ClN2/c1-2-3-4-8-5-7(6-11)9(10)12-8/h5,12H,2-4H2,1H3. The Morgan fingerprint density at radius 2 is 2.42 bits per heavy atom. The quantitative estimate of drug-likeness (QED) is 0.767. The maximum atomic E-state index is 8.60. The fourth-order valence-electron chi connectivity index (χ4n) is 1.07. The fraction of sp³-hybridized carbons (Fsp3) is 0.444. The first-order valence-corrected chi connectivity index (χ1v) is 4.43. The third-order valence-electron chi connectivity index (χ3n) is 1.75. The molecule has 0 amide bonds. The van der Waals surface area contributed by atoms with Gasteiger partial charge in [0.05, 0.1) is 5.56 Å². The molecule has 1 heterocycles. The number of H-pyrrole nitrogens is 1. The number of aromatic nitrogens is 1. The van der Waals surface area contributed by atoms with E-state index in [1.807, 2.05) is 12.1 Å². The highest BCUT2D eigenvalue weighted by Gasteiger charge is 2.03. The molecule has 0 radical (unpaired) electrons. The molecule has 0 fully saturated rings. The SMILES string of the molecule is CCCCc1cc(C#N)c(Cl)[nH]1. The number of rotatable bonds is 3. The zero-order chi connectivity index (χ0) is 8.97. The second-order valence-electron chi connectivity index (χ2n) is 2.74. The summed E-state index contributed by atoms with van der Waals surface area (Å²) in [6.45, 7) is 2.13. The molecule has 0 saturated heterocycles. The van der Waals surface area contributed by atoms with E-state index in [1.54, 1.807) is 0 Å². The molecule has 0 bridgehead atoms. The van der Waals surface area contributed by atoms with Gasteiger partial charge >= 0.3 is 0 Å². The van der Waals surface area contributed by atoms with Gasteiger partial charge in [-0.15, -0.1) is 0 Å². The van der Waals surface area contributed by atoms with Gasteiger partial charge in [-0.05, 0) is 18.9 Å². The summed E-state index contributed by atoms with van der Waals surface area (Å²) in [5.74, 6) is 0. The fourth-order valence-corrected chi connectivity index (χ4v) is 1.28. The van der Waals surface area contributed by atoms with Crippen LogP contribution in [0, 0.1) is 11.3 Å². The van der Waals surface area contributed by atoms with Gasteiger partial charge in [0.1, 0.15) is 11.2 Å². The Balaban J connectivity index is 2.70. The lowest BCUT2D eigenvalue weighted by Crippen LogP contribution is -1.82. The lowest BCUT2D eigenvalue weighted by atomic mass is 10.2. The van der Waals surface area contributed by atoms with Crippen LogP contribution in [0.5, 0.6) is 0 Å². The van der Waals surface area contributed by atoms with Crippen molar-refractivity contribution in [2.24, 2.45) is 0 Å². The molecule has 12 heavy (non-hydrogen) atoms. The second kappa shape index (κ2) is 4.18. The Labute approximate surface area is 77.2 Å². The highest BCUT2D eigenvalue weighted by Crippen LogP contribution is 2.16. The Hall–Kier alpha value is -0.940. The van der Waals surface area contributed by atoms with Gasteiger partial charge in [0.15, 0.2) is 0 Å². The molecule has 1 N–H and O–H groups in total. The minimum absolute atomic E-state index is 0.462. The summed E-state index contributed by atoms with van der Waals surface area (Å²) < 4.78 is 0. The van der Waals surface area contributed by atoms with Crippen LogP contribution in [0.15, 0.2) is 6.07 Å². The van der Waals surface area contributed by atoms with Gasteiger partial charge in [-0.25, -0.2) is 0 Å². The molecule has 1 rings (SSSR count). The molecule has 0 aromatic carbocycles. The second-order valence-corrected chi connectivity index (χ2v) is 3.12. The Morgan fingerprint density at radius 3 is 2.92 bits per heavy atom. The average Bonchev–Trinajstić information content (AvgIpc) is 2.43. The van der Waals surface area contributed by atoms with Crippen LogP contribution in [-0.4, -0.2) is 4.98 Å². The van der Waals surface area contributed by atoms with E-state index in [-0.39, 0.29) is 0 Å². The highest BCUT2D eigenvalue weighted by molar-refractivity contribution is 6.30. The number of hydrogen-bond acceptors (Lipinski definition) is 1. The van der Waals surface area contributed by atoms with Crippen LogP contribution < -0.4 is 0 Å². The van der Waals surface area contributed by atoms with Crippen LogP contribution in [0.25, 0.3) is 0 Å². The predicted molar refractivity (Wildman–Crippen MR) is 49.1 cm³/mol. The van der Waals surface area contributed by atoms with Crippen molar-refractivity contribution in [3.8, 4) is 6.07 Å². The lowest BCUT2D eigenvalue weighted by Gasteiger charge is -1.92. The Kier molecular flexibility index (Phi) is 3.19. The normalized spacial score (nSPS) is 9.75. The molecule has 1 aromatic heterocycles. The van der Waals surface area contributed by atoms with E-state index in [0.717, 1.165) is 25.0 Å². The maximum absolute atomic E-state index is 8.60. The van der Waals surface area contributed by atoms with Crippen molar-refractivity contribution in [3.05, 3.63) is 22.5 Å². The lowest BCUT2D eigenvalue weighted by molar-refractivity contribution is 0.781. The first-order valence-electron chi connectivity index (χ1n) is 4.05. The molecule has 0 aliphatic carbocycles. The number of aromatic amines is 1. The van der Waals surface area contributed by atoms with Gasteiger partial charge in [0, 0.05) is 5.69 Å². The monoisotopic (exact) mass is 182 g/mol. The molecule has 1 aromatic rings.